The summed E-state index contributed by atoms with van der Waals surface area (Å²) in [5.74, 6) is -1.47. The topological polar surface area (TPSA) is 63.4 Å². The molecule has 0 aromatic heterocycles. The predicted octanol–water partition coefficient (Wildman–Crippen LogP) is 2.24. The second-order valence-electron chi connectivity index (χ2n) is 4.77. The minimum absolute atomic E-state index is 0.00477. The lowest BCUT2D eigenvalue weighted by molar-refractivity contribution is -0.137. The van der Waals surface area contributed by atoms with Gasteiger partial charge in [-0.05, 0) is 18.2 Å². The molecule has 1 unspecified atom stereocenters. The molecule has 2 amide bonds. The Balaban J connectivity index is 2.57. The molecule has 4 nitrogen and oxygen atoms in total. The van der Waals surface area contributed by atoms with Gasteiger partial charge in [0.05, 0.1) is 11.3 Å². The maximum Gasteiger partial charge on any atom is 0.416 e. The van der Waals surface area contributed by atoms with Crippen molar-refractivity contribution in [1.29, 1.82) is 0 Å². The molecule has 0 saturated carbocycles. The molecule has 1 aromatic rings. The molecule has 0 radical (unpaired) electrons. The van der Waals surface area contributed by atoms with Gasteiger partial charge in [0.1, 0.15) is 4.99 Å². The zero-order valence-corrected chi connectivity index (χ0v) is 11.7. The third-order valence-electron chi connectivity index (χ3n) is 3.20. The molecule has 0 aliphatic carbocycles. The standard InChI is InChI=1S/C13H11F3N2O2S/c1-6-4-10(19)18(12(6)20)9-3-2-7(13(14,15)16)5-8(9)11(17)21/h2-3,5-6H,4H2,1H3,(H2,17,21). The minimum Gasteiger partial charge on any atom is -0.389 e. The molecule has 2 N–H and O–H groups in total. The van der Waals surface area contributed by atoms with Crippen molar-refractivity contribution < 1.29 is 22.8 Å². The van der Waals surface area contributed by atoms with Crippen molar-refractivity contribution in [3.63, 3.8) is 0 Å². The Morgan fingerprint density at radius 2 is 2.00 bits per heavy atom. The van der Waals surface area contributed by atoms with E-state index in [1.807, 2.05) is 0 Å². The van der Waals surface area contributed by atoms with E-state index in [2.05, 4.69) is 0 Å². The maximum atomic E-state index is 12.7. The Hall–Kier alpha value is -1.96. The summed E-state index contributed by atoms with van der Waals surface area (Å²) in [4.78, 5) is 24.4. The Morgan fingerprint density at radius 1 is 1.38 bits per heavy atom. The largest absolute Gasteiger partial charge is 0.416 e. The molecule has 1 fully saturated rings. The van der Waals surface area contributed by atoms with Crippen LogP contribution in [0.1, 0.15) is 24.5 Å². The van der Waals surface area contributed by atoms with Gasteiger partial charge in [-0.1, -0.05) is 19.1 Å². The molecule has 0 spiro atoms. The number of carbonyl (C=O) groups is 2. The average molecular weight is 316 g/mol. The fourth-order valence-corrected chi connectivity index (χ4v) is 2.31. The molecule has 1 aliphatic rings. The van der Waals surface area contributed by atoms with E-state index in [1.54, 1.807) is 6.92 Å². The van der Waals surface area contributed by atoms with Crippen LogP contribution in [0.5, 0.6) is 0 Å². The minimum atomic E-state index is -4.57. The molecule has 112 valence electrons. The summed E-state index contributed by atoms with van der Waals surface area (Å²) in [6.45, 7) is 1.57. The van der Waals surface area contributed by atoms with Crippen LogP contribution in [0.15, 0.2) is 18.2 Å². The number of hydrogen-bond donors (Lipinski definition) is 1. The molecule has 2 rings (SSSR count). The molecule has 1 atom stereocenters. The van der Waals surface area contributed by atoms with Crippen molar-refractivity contribution >= 4 is 34.7 Å². The predicted molar refractivity (Wildman–Crippen MR) is 73.6 cm³/mol. The van der Waals surface area contributed by atoms with Crippen molar-refractivity contribution in [3.8, 4) is 0 Å². The first-order chi connectivity index (χ1) is 9.62. The van der Waals surface area contributed by atoms with Crippen LogP contribution < -0.4 is 10.6 Å². The number of hydrogen-bond acceptors (Lipinski definition) is 3. The summed E-state index contributed by atoms with van der Waals surface area (Å²) in [7, 11) is 0. The summed E-state index contributed by atoms with van der Waals surface area (Å²) in [6, 6.07) is 2.59. The van der Waals surface area contributed by atoms with Gasteiger partial charge in [0.2, 0.25) is 11.8 Å². The van der Waals surface area contributed by atoms with Gasteiger partial charge in [-0.3, -0.25) is 9.59 Å². The Morgan fingerprint density at radius 3 is 2.43 bits per heavy atom. The number of alkyl halides is 3. The van der Waals surface area contributed by atoms with Crippen LogP contribution in [0.4, 0.5) is 18.9 Å². The number of amides is 2. The zero-order valence-electron chi connectivity index (χ0n) is 10.9. The molecular weight excluding hydrogens is 305 g/mol. The van der Waals surface area contributed by atoms with Crippen molar-refractivity contribution in [2.75, 3.05) is 4.90 Å². The number of nitrogens with two attached hydrogens (primary N) is 1. The van der Waals surface area contributed by atoms with E-state index in [9.17, 15) is 22.8 Å². The molecule has 21 heavy (non-hydrogen) atoms. The van der Waals surface area contributed by atoms with Crippen LogP contribution in [-0.2, 0) is 15.8 Å². The number of thiocarbonyl (C=S) groups is 1. The fraction of sp³-hybridized carbons (Fsp3) is 0.308. The van der Waals surface area contributed by atoms with E-state index >= 15 is 0 Å². The van der Waals surface area contributed by atoms with E-state index in [0.29, 0.717) is 0 Å². The lowest BCUT2D eigenvalue weighted by Crippen LogP contribution is -2.32. The monoisotopic (exact) mass is 316 g/mol. The Kier molecular flexibility index (Phi) is 3.75. The summed E-state index contributed by atoms with van der Waals surface area (Å²) in [5, 5.41) is 0. The second kappa shape index (κ2) is 5.10. The molecule has 1 saturated heterocycles. The van der Waals surface area contributed by atoms with Gasteiger partial charge < -0.3 is 5.73 Å². The van der Waals surface area contributed by atoms with Gasteiger partial charge in [0.25, 0.3) is 0 Å². The summed E-state index contributed by atoms with van der Waals surface area (Å²) in [5.41, 5.74) is 4.34. The number of carbonyl (C=O) groups excluding carboxylic acids is 2. The molecular formula is C13H11F3N2O2S. The number of benzene rings is 1. The van der Waals surface area contributed by atoms with Gasteiger partial charge in [-0.15, -0.1) is 0 Å². The van der Waals surface area contributed by atoms with Crippen LogP contribution >= 0.6 is 12.2 Å². The summed E-state index contributed by atoms with van der Waals surface area (Å²) >= 11 is 4.74. The quantitative estimate of drug-likeness (QED) is 0.671. The van der Waals surface area contributed by atoms with Crippen molar-refractivity contribution in [2.45, 2.75) is 19.5 Å². The first-order valence-corrected chi connectivity index (χ1v) is 6.41. The normalized spacial score (nSPS) is 19.2. The van der Waals surface area contributed by atoms with Crippen molar-refractivity contribution in [3.05, 3.63) is 29.3 Å². The second-order valence-corrected chi connectivity index (χ2v) is 5.21. The maximum absolute atomic E-state index is 12.7. The Labute approximate surface area is 123 Å². The van der Waals surface area contributed by atoms with E-state index in [-0.39, 0.29) is 22.7 Å². The van der Waals surface area contributed by atoms with Gasteiger partial charge >= 0.3 is 6.18 Å². The first kappa shape index (κ1) is 15.4. The molecule has 1 aliphatic heterocycles. The lowest BCUT2D eigenvalue weighted by atomic mass is 10.1. The lowest BCUT2D eigenvalue weighted by Gasteiger charge is -2.19. The van der Waals surface area contributed by atoms with E-state index < -0.39 is 29.5 Å². The summed E-state index contributed by atoms with van der Waals surface area (Å²) in [6.07, 6.45) is -4.55. The van der Waals surface area contributed by atoms with Crippen LogP contribution in [0.25, 0.3) is 0 Å². The van der Waals surface area contributed by atoms with Gasteiger partial charge in [-0.25, -0.2) is 4.90 Å². The molecule has 8 heteroatoms. The van der Waals surface area contributed by atoms with Gasteiger partial charge in [-0.2, -0.15) is 13.2 Å². The fourth-order valence-electron chi connectivity index (χ4n) is 2.14. The Bertz CT molecular complexity index is 643. The molecule has 0 bridgehead atoms. The third-order valence-corrected chi connectivity index (χ3v) is 3.42. The van der Waals surface area contributed by atoms with Crippen molar-refractivity contribution in [2.24, 2.45) is 11.7 Å². The molecule has 1 aromatic carbocycles. The first-order valence-electron chi connectivity index (χ1n) is 6.00. The number of halogens is 3. The van der Waals surface area contributed by atoms with Crippen molar-refractivity contribution in [1.82, 2.24) is 0 Å². The van der Waals surface area contributed by atoms with E-state index in [0.717, 1.165) is 23.1 Å². The highest BCUT2D eigenvalue weighted by atomic mass is 32.1. The highest BCUT2D eigenvalue weighted by Gasteiger charge is 2.39. The van der Waals surface area contributed by atoms with E-state index in [1.165, 1.54) is 0 Å². The number of nitrogens with zero attached hydrogens (tertiary/aromatic N) is 1. The van der Waals surface area contributed by atoms with Crippen LogP contribution in [0, 0.1) is 5.92 Å². The zero-order chi connectivity index (χ0) is 15.9. The third kappa shape index (κ3) is 2.76. The van der Waals surface area contributed by atoms with E-state index in [4.69, 9.17) is 18.0 Å². The number of rotatable bonds is 2. The smallest absolute Gasteiger partial charge is 0.389 e. The highest BCUT2D eigenvalue weighted by Crippen LogP contribution is 2.35. The number of imide groups is 1. The average Bonchev–Trinajstić information content (AvgIpc) is 2.61. The van der Waals surface area contributed by atoms with Gasteiger partial charge in [0, 0.05) is 17.9 Å². The summed E-state index contributed by atoms with van der Waals surface area (Å²) < 4.78 is 38.2. The van der Waals surface area contributed by atoms with Crippen LogP contribution in [-0.4, -0.2) is 16.8 Å². The molecule has 1 heterocycles. The highest BCUT2D eigenvalue weighted by molar-refractivity contribution is 7.80. The van der Waals surface area contributed by atoms with Crippen LogP contribution in [0.2, 0.25) is 0 Å². The van der Waals surface area contributed by atoms with Gasteiger partial charge in [0.15, 0.2) is 0 Å². The number of anilines is 1. The van der Waals surface area contributed by atoms with Crippen LogP contribution in [0.3, 0.4) is 0 Å². The SMILES string of the molecule is CC1CC(=O)N(c2ccc(C(F)(F)F)cc2C(N)=S)C1=O.